The van der Waals surface area contributed by atoms with Crippen LogP contribution in [0.5, 0.6) is 0 Å². The van der Waals surface area contributed by atoms with E-state index in [0.29, 0.717) is 5.22 Å². The predicted octanol–water partition coefficient (Wildman–Crippen LogP) is 3.12. The maximum atomic E-state index is 5.98. The van der Waals surface area contributed by atoms with E-state index in [1.165, 1.54) is 43.7 Å². The second-order valence-electron chi connectivity index (χ2n) is 5.45. The molecule has 2 rings (SSSR count). The lowest BCUT2D eigenvalue weighted by Gasteiger charge is -2.33. The van der Waals surface area contributed by atoms with Gasteiger partial charge in [-0.1, -0.05) is 42.8 Å². The van der Waals surface area contributed by atoms with E-state index >= 15 is 0 Å². The zero-order valence-electron chi connectivity index (χ0n) is 11.0. The van der Waals surface area contributed by atoms with E-state index in [9.17, 15) is 0 Å². The summed E-state index contributed by atoms with van der Waals surface area (Å²) in [7, 11) is -0.0690. The Morgan fingerprint density at radius 3 is 2.76 bits per heavy atom. The van der Waals surface area contributed by atoms with E-state index in [1.54, 1.807) is 0 Å². The average molecular weight is 248 g/mol. The maximum Gasteiger partial charge on any atom is 0.0591 e. The fraction of sp³-hybridized carbons (Fsp3) is 0.600. The van der Waals surface area contributed by atoms with Crippen molar-refractivity contribution in [3.63, 3.8) is 0 Å². The highest BCUT2D eigenvalue weighted by molar-refractivity contribution is 6.39. The highest BCUT2D eigenvalue weighted by Gasteiger charge is 2.27. The zero-order chi connectivity index (χ0) is 12.0. The summed E-state index contributed by atoms with van der Waals surface area (Å²) in [4.78, 5) is 0. The number of benzene rings is 1. The molecule has 1 fully saturated rings. The van der Waals surface area contributed by atoms with Gasteiger partial charge in [0.25, 0.3) is 0 Å². The van der Waals surface area contributed by atoms with E-state index in [2.05, 4.69) is 37.3 Å². The molecular formula is C15H24OSi. The van der Waals surface area contributed by atoms with Crippen molar-refractivity contribution in [3.8, 4) is 0 Å². The number of hydrogen-bond donors (Lipinski definition) is 0. The van der Waals surface area contributed by atoms with E-state index in [0.717, 1.165) is 6.61 Å². The first kappa shape index (κ1) is 12.8. The van der Waals surface area contributed by atoms with Gasteiger partial charge in [-0.25, -0.2) is 0 Å². The van der Waals surface area contributed by atoms with Crippen molar-refractivity contribution >= 4 is 9.52 Å². The van der Waals surface area contributed by atoms with Gasteiger partial charge in [-0.3, -0.25) is 0 Å². The first-order valence-electron chi connectivity index (χ1n) is 6.96. The Kier molecular flexibility index (Phi) is 4.81. The molecule has 1 nitrogen and oxygen atoms in total. The summed E-state index contributed by atoms with van der Waals surface area (Å²) in [6.45, 7) is 3.35. The van der Waals surface area contributed by atoms with Crippen LogP contribution in [0, 0.1) is 0 Å². The van der Waals surface area contributed by atoms with Crippen LogP contribution in [0.2, 0.25) is 6.04 Å². The van der Waals surface area contributed by atoms with E-state index < -0.39 is 0 Å². The molecular weight excluding hydrogens is 224 g/mol. The molecule has 0 bridgehead atoms. The van der Waals surface area contributed by atoms with Gasteiger partial charge in [0.05, 0.1) is 9.52 Å². The maximum absolute atomic E-state index is 5.98. The van der Waals surface area contributed by atoms with Gasteiger partial charge in [0.1, 0.15) is 0 Å². The third-order valence-corrected chi connectivity index (χ3v) is 6.28. The summed E-state index contributed by atoms with van der Waals surface area (Å²) >= 11 is 0. The van der Waals surface area contributed by atoms with Crippen LogP contribution in [-0.4, -0.2) is 21.4 Å². The summed E-state index contributed by atoms with van der Waals surface area (Å²) in [6.07, 6.45) is 6.54. The fourth-order valence-corrected chi connectivity index (χ4v) is 4.70. The van der Waals surface area contributed by atoms with Crippen LogP contribution in [0.3, 0.4) is 0 Å². The van der Waals surface area contributed by atoms with Gasteiger partial charge in [-0.2, -0.15) is 0 Å². The smallest absolute Gasteiger partial charge is 0.0591 e. The molecule has 1 aliphatic heterocycles. The largest absolute Gasteiger partial charge is 0.379 e. The van der Waals surface area contributed by atoms with Crippen molar-refractivity contribution in [3.05, 3.63) is 35.9 Å². The standard InChI is InChI=1S/C15H24OSi/c1-15(11-5-6-12-16-15)17-13-7-10-14-8-3-2-4-9-14/h2-4,8-9H,5-7,10-13,17H2,1H3. The molecule has 1 unspecified atom stereocenters. The van der Waals surface area contributed by atoms with Crippen molar-refractivity contribution in [1.82, 2.24) is 0 Å². The molecule has 0 amide bonds. The number of hydrogen-bond acceptors (Lipinski definition) is 1. The molecule has 0 radical (unpaired) electrons. The highest BCUT2D eigenvalue weighted by Crippen LogP contribution is 2.24. The Morgan fingerprint density at radius 2 is 2.06 bits per heavy atom. The summed E-state index contributed by atoms with van der Waals surface area (Å²) in [5.41, 5.74) is 1.48. The summed E-state index contributed by atoms with van der Waals surface area (Å²) in [6, 6.07) is 12.3. The van der Waals surface area contributed by atoms with Crippen LogP contribution in [0.25, 0.3) is 0 Å². The van der Waals surface area contributed by atoms with Crippen LogP contribution >= 0.6 is 0 Å². The minimum atomic E-state index is -0.0690. The lowest BCUT2D eigenvalue weighted by atomic mass is 10.1. The average Bonchev–Trinajstić information content (AvgIpc) is 2.37. The normalized spacial score (nSPS) is 25.5. The van der Waals surface area contributed by atoms with Gasteiger partial charge in [0.15, 0.2) is 0 Å². The van der Waals surface area contributed by atoms with Gasteiger partial charge in [-0.15, -0.1) is 0 Å². The minimum absolute atomic E-state index is 0.0690. The Bertz CT molecular complexity index is 317. The molecule has 1 saturated heterocycles. The van der Waals surface area contributed by atoms with Crippen molar-refractivity contribution in [2.75, 3.05) is 6.61 Å². The molecule has 0 aliphatic carbocycles. The molecule has 1 aliphatic rings. The molecule has 94 valence electrons. The van der Waals surface area contributed by atoms with Crippen LogP contribution in [-0.2, 0) is 11.2 Å². The van der Waals surface area contributed by atoms with E-state index in [4.69, 9.17) is 4.74 Å². The topological polar surface area (TPSA) is 9.23 Å². The molecule has 1 atom stereocenters. The van der Waals surface area contributed by atoms with Crippen LogP contribution < -0.4 is 0 Å². The second-order valence-corrected chi connectivity index (χ2v) is 8.15. The van der Waals surface area contributed by atoms with Gasteiger partial charge >= 0.3 is 0 Å². The quantitative estimate of drug-likeness (QED) is 0.575. The third kappa shape index (κ3) is 4.28. The van der Waals surface area contributed by atoms with Crippen molar-refractivity contribution < 1.29 is 4.74 Å². The van der Waals surface area contributed by atoms with Crippen molar-refractivity contribution in [2.45, 2.75) is 50.3 Å². The molecule has 17 heavy (non-hydrogen) atoms. The zero-order valence-corrected chi connectivity index (χ0v) is 12.4. The van der Waals surface area contributed by atoms with Gasteiger partial charge in [-0.05, 0) is 38.2 Å². The third-order valence-electron chi connectivity index (χ3n) is 3.81. The molecule has 0 spiro atoms. The molecule has 1 aromatic carbocycles. The summed E-state index contributed by atoms with van der Waals surface area (Å²) < 4.78 is 5.98. The second kappa shape index (κ2) is 6.36. The van der Waals surface area contributed by atoms with Gasteiger partial charge in [0.2, 0.25) is 0 Å². The first-order chi connectivity index (χ1) is 8.29. The van der Waals surface area contributed by atoms with E-state index in [-0.39, 0.29) is 9.52 Å². The summed E-state index contributed by atoms with van der Waals surface area (Å²) in [5, 5.41) is 0.314. The Balaban J connectivity index is 1.66. The van der Waals surface area contributed by atoms with Crippen LogP contribution in [0.1, 0.15) is 38.2 Å². The first-order valence-corrected chi connectivity index (χ1v) is 8.67. The molecule has 1 aromatic rings. The van der Waals surface area contributed by atoms with Crippen molar-refractivity contribution in [1.29, 1.82) is 0 Å². The lowest BCUT2D eigenvalue weighted by molar-refractivity contribution is -0.00733. The lowest BCUT2D eigenvalue weighted by Crippen LogP contribution is -2.38. The Morgan fingerprint density at radius 1 is 1.24 bits per heavy atom. The monoisotopic (exact) mass is 248 g/mol. The van der Waals surface area contributed by atoms with Gasteiger partial charge in [0, 0.05) is 11.8 Å². The number of ether oxygens (including phenoxy) is 1. The molecule has 0 saturated carbocycles. The molecule has 2 heteroatoms. The highest BCUT2D eigenvalue weighted by atomic mass is 28.2. The molecule has 0 aromatic heterocycles. The number of rotatable bonds is 5. The fourth-order valence-electron chi connectivity index (χ4n) is 2.66. The van der Waals surface area contributed by atoms with E-state index in [1.807, 2.05) is 0 Å². The number of aryl methyl sites for hydroxylation is 1. The SMILES string of the molecule is CC1([SiH2]CCCc2ccccc2)CCCCO1. The van der Waals surface area contributed by atoms with Crippen LogP contribution in [0.4, 0.5) is 0 Å². The summed E-state index contributed by atoms with van der Waals surface area (Å²) in [5.74, 6) is 0. The molecule has 0 N–H and O–H groups in total. The molecule has 1 heterocycles. The predicted molar refractivity (Wildman–Crippen MR) is 76.3 cm³/mol. The van der Waals surface area contributed by atoms with Gasteiger partial charge < -0.3 is 4.74 Å². The Labute approximate surface area is 107 Å². The van der Waals surface area contributed by atoms with Crippen LogP contribution in [0.15, 0.2) is 30.3 Å². The Hall–Kier alpha value is -0.603. The van der Waals surface area contributed by atoms with Crippen molar-refractivity contribution in [2.24, 2.45) is 0 Å². The minimum Gasteiger partial charge on any atom is -0.379 e.